The number of rotatable bonds is 4. The smallest absolute Gasteiger partial charge is 0.227 e. The molecular weight excluding hydrogens is 280 g/mol. The molecule has 1 saturated heterocycles. The van der Waals surface area contributed by atoms with Crippen LogP contribution in [0.2, 0.25) is 0 Å². The Balaban J connectivity index is 1.32. The molecule has 0 N–H and O–H groups in total. The van der Waals surface area contributed by atoms with Gasteiger partial charge < -0.3 is 9.32 Å². The van der Waals surface area contributed by atoms with Crippen LogP contribution in [0.1, 0.15) is 48.9 Å². The van der Waals surface area contributed by atoms with Crippen molar-refractivity contribution in [2.24, 2.45) is 0 Å². The molecule has 6 nitrogen and oxygen atoms in total. The summed E-state index contributed by atoms with van der Waals surface area (Å²) in [6.07, 6.45) is 10.8. The van der Waals surface area contributed by atoms with Gasteiger partial charge in [-0.15, -0.1) is 5.10 Å². The fourth-order valence-corrected chi connectivity index (χ4v) is 3.38. The highest BCUT2D eigenvalue weighted by Gasteiger charge is 2.33. The fraction of sp³-hybridized carbons (Fsp3) is 0.562. The van der Waals surface area contributed by atoms with Gasteiger partial charge in [-0.1, -0.05) is 18.1 Å². The fourth-order valence-electron chi connectivity index (χ4n) is 3.38. The molecule has 0 bridgehead atoms. The minimum Gasteiger partial charge on any atom is -0.472 e. The van der Waals surface area contributed by atoms with E-state index in [1.54, 1.807) is 12.5 Å². The number of furan rings is 1. The van der Waals surface area contributed by atoms with E-state index in [1.165, 1.54) is 25.7 Å². The number of hydrogen-bond acceptors (Lipinski definition) is 4. The van der Waals surface area contributed by atoms with E-state index >= 15 is 0 Å². The third-order valence-corrected chi connectivity index (χ3v) is 4.83. The lowest BCUT2D eigenvalue weighted by Gasteiger charge is -2.38. The zero-order valence-electron chi connectivity index (χ0n) is 12.5. The second-order valence-electron chi connectivity index (χ2n) is 6.37. The Morgan fingerprint density at radius 3 is 2.86 bits per heavy atom. The van der Waals surface area contributed by atoms with Gasteiger partial charge in [0.25, 0.3) is 0 Å². The quantitative estimate of drug-likeness (QED) is 0.868. The maximum Gasteiger partial charge on any atom is 0.227 e. The normalized spacial score (nSPS) is 19.5. The van der Waals surface area contributed by atoms with Crippen molar-refractivity contribution in [3.8, 4) is 0 Å². The van der Waals surface area contributed by atoms with Crippen molar-refractivity contribution < 1.29 is 9.21 Å². The van der Waals surface area contributed by atoms with Gasteiger partial charge >= 0.3 is 0 Å². The number of aromatic nitrogens is 3. The van der Waals surface area contributed by atoms with Crippen molar-refractivity contribution >= 4 is 5.91 Å². The van der Waals surface area contributed by atoms with Crippen LogP contribution in [0.4, 0.5) is 0 Å². The minimum atomic E-state index is 0.147. The number of carbonyl (C=O) groups excluding carboxylic acids is 1. The largest absolute Gasteiger partial charge is 0.472 e. The van der Waals surface area contributed by atoms with E-state index in [9.17, 15) is 4.79 Å². The van der Waals surface area contributed by atoms with Crippen LogP contribution in [-0.4, -0.2) is 38.9 Å². The van der Waals surface area contributed by atoms with Crippen LogP contribution < -0.4 is 0 Å². The van der Waals surface area contributed by atoms with Gasteiger partial charge in [0.1, 0.15) is 0 Å². The molecule has 2 fully saturated rings. The molecule has 22 heavy (non-hydrogen) atoms. The number of likely N-dealkylation sites (tertiary alicyclic amines) is 1. The molecule has 1 aliphatic heterocycles. The van der Waals surface area contributed by atoms with Crippen molar-refractivity contribution in [2.75, 3.05) is 13.1 Å². The molecule has 0 unspecified atom stereocenters. The SMILES string of the molecule is O=C(Cc1ccoc1)N1CC(n2cc(C3CCCC3)nn2)C1. The summed E-state index contributed by atoms with van der Waals surface area (Å²) in [6, 6.07) is 2.11. The molecule has 0 atom stereocenters. The topological polar surface area (TPSA) is 64.2 Å². The second-order valence-corrected chi connectivity index (χ2v) is 6.37. The highest BCUT2D eigenvalue weighted by atomic mass is 16.3. The van der Waals surface area contributed by atoms with Gasteiger partial charge in [-0.05, 0) is 24.5 Å². The monoisotopic (exact) mass is 300 g/mol. The Kier molecular flexibility index (Phi) is 3.44. The van der Waals surface area contributed by atoms with Crippen molar-refractivity contribution in [3.63, 3.8) is 0 Å². The van der Waals surface area contributed by atoms with Crippen LogP contribution in [-0.2, 0) is 11.2 Å². The summed E-state index contributed by atoms with van der Waals surface area (Å²) in [4.78, 5) is 14.0. The predicted molar refractivity (Wildman–Crippen MR) is 79.3 cm³/mol. The van der Waals surface area contributed by atoms with Crippen LogP contribution >= 0.6 is 0 Å². The van der Waals surface area contributed by atoms with E-state index in [0.29, 0.717) is 12.3 Å². The Labute approximate surface area is 129 Å². The molecule has 4 rings (SSSR count). The van der Waals surface area contributed by atoms with Gasteiger partial charge in [-0.2, -0.15) is 0 Å². The maximum absolute atomic E-state index is 12.1. The molecule has 1 saturated carbocycles. The summed E-state index contributed by atoms with van der Waals surface area (Å²) in [5, 5.41) is 8.59. The average Bonchev–Trinajstić information content (AvgIpc) is 3.19. The molecule has 116 valence electrons. The zero-order valence-corrected chi connectivity index (χ0v) is 12.5. The van der Waals surface area contributed by atoms with E-state index < -0.39 is 0 Å². The first kappa shape index (κ1) is 13.5. The predicted octanol–water partition coefficient (Wildman–Crippen LogP) is 2.15. The zero-order chi connectivity index (χ0) is 14.9. The Morgan fingerprint density at radius 2 is 2.14 bits per heavy atom. The summed E-state index contributed by atoms with van der Waals surface area (Å²) in [6.45, 7) is 1.45. The molecule has 0 radical (unpaired) electrons. The molecule has 2 aromatic heterocycles. The van der Waals surface area contributed by atoms with Crippen molar-refractivity contribution in [1.29, 1.82) is 0 Å². The summed E-state index contributed by atoms with van der Waals surface area (Å²) in [7, 11) is 0. The van der Waals surface area contributed by atoms with Crippen molar-refractivity contribution in [1.82, 2.24) is 19.9 Å². The number of carbonyl (C=O) groups is 1. The molecule has 1 aliphatic carbocycles. The third kappa shape index (κ3) is 2.53. The molecule has 0 aromatic carbocycles. The van der Waals surface area contributed by atoms with E-state index in [4.69, 9.17) is 4.42 Å². The standard InChI is InChI=1S/C16H20N4O2/c21-16(7-12-5-6-22-11-12)19-8-14(9-19)20-10-15(17-18-20)13-3-1-2-4-13/h5-6,10-11,13-14H,1-4,7-9H2. The molecule has 1 amide bonds. The van der Waals surface area contributed by atoms with Crippen molar-refractivity contribution in [2.45, 2.75) is 44.1 Å². The molecule has 0 spiro atoms. The molecular formula is C16H20N4O2. The molecule has 2 aliphatic rings. The van der Waals surface area contributed by atoms with E-state index in [1.807, 2.05) is 15.6 Å². The van der Waals surface area contributed by atoms with Crippen molar-refractivity contribution in [3.05, 3.63) is 36.0 Å². The summed E-state index contributed by atoms with van der Waals surface area (Å²) < 4.78 is 6.94. The Bertz CT molecular complexity index is 637. The first-order chi connectivity index (χ1) is 10.8. The van der Waals surface area contributed by atoms with Gasteiger partial charge in [-0.3, -0.25) is 4.79 Å². The van der Waals surface area contributed by atoms with Crippen LogP contribution in [0.3, 0.4) is 0 Å². The lowest BCUT2D eigenvalue weighted by molar-refractivity contribution is -0.136. The van der Waals surface area contributed by atoms with Crippen LogP contribution in [0.15, 0.2) is 29.2 Å². The van der Waals surface area contributed by atoms with Gasteiger partial charge in [-0.25, -0.2) is 4.68 Å². The first-order valence-corrected chi connectivity index (χ1v) is 8.00. The number of amides is 1. The molecule has 3 heterocycles. The average molecular weight is 300 g/mol. The lowest BCUT2D eigenvalue weighted by atomic mass is 10.0. The van der Waals surface area contributed by atoms with Gasteiger partial charge in [0.15, 0.2) is 0 Å². The lowest BCUT2D eigenvalue weighted by Crippen LogP contribution is -2.51. The van der Waals surface area contributed by atoms with E-state index in [-0.39, 0.29) is 11.9 Å². The first-order valence-electron chi connectivity index (χ1n) is 8.00. The minimum absolute atomic E-state index is 0.147. The van der Waals surface area contributed by atoms with E-state index in [2.05, 4.69) is 16.5 Å². The van der Waals surface area contributed by atoms with Gasteiger partial charge in [0.2, 0.25) is 5.91 Å². The van der Waals surface area contributed by atoms with E-state index in [0.717, 1.165) is 24.3 Å². The van der Waals surface area contributed by atoms with Crippen LogP contribution in [0.5, 0.6) is 0 Å². The van der Waals surface area contributed by atoms with Crippen LogP contribution in [0.25, 0.3) is 0 Å². The Morgan fingerprint density at radius 1 is 1.32 bits per heavy atom. The summed E-state index contributed by atoms with van der Waals surface area (Å²) in [5.41, 5.74) is 2.05. The van der Waals surface area contributed by atoms with Gasteiger partial charge in [0, 0.05) is 25.2 Å². The summed E-state index contributed by atoms with van der Waals surface area (Å²) >= 11 is 0. The number of hydrogen-bond donors (Lipinski definition) is 0. The maximum atomic E-state index is 12.1. The summed E-state index contributed by atoms with van der Waals surface area (Å²) in [5.74, 6) is 0.737. The van der Waals surface area contributed by atoms with Gasteiger partial charge in [0.05, 0.1) is 30.7 Å². The Hall–Kier alpha value is -2.11. The number of nitrogens with zero attached hydrogens (tertiary/aromatic N) is 4. The highest BCUT2D eigenvalue weighted by Crippen LogP contribution is 2.33. The third-order valence-electron chi connectivity index (χ3n) is 4.83. The molecule has 6 heteroatoms. The highest BCUT2D eigenvalue weighted by molar-refractivity contribution is 5.79. The molecule has 2 aromatic rings. The van der Waals surface area contributed by atoms with Crippen LogP contribution in [0, 0.1) is 0 Å². The second kappa shape index (κ2) is 5.59.